The van der Waals surface area contributed by atoms with Gasteiger partial charge in [0, 0.05) is 32.1 Å². The Bertz CT molecular complexity index is 861. The molecule has 1 aromatic heterocycles. The fourth-order valence-electron chi connectivity index (χ4n) is 3.54. The van der Waals surface area contributed by atoms with Gasteiger partial charge in [0.1, 0.15) is 17.2 Å². The van der Waals surface area contributed by atoms with Crippen LogP contribution in [0.1, 0.15) is 28.8 Å². The molecule has 142 valence electrons. The number of pyridine rings is 1. The summed E-state index contributed by atoms with van der Waals surface area (Å²) in [7, 11) is 0. The van der Waals surface area contributed by atoms with E-state index in [0.29, 0.717) is 49.6 Å². The van der Waals surface area contributed by atoms with Gasteiger partial charge < -0.3 is 15.0 Å². The maximum Gasteiger partial charge on any atom is 0.416 e. The van der Waals surface area contributed by atoms with Crippen LogP contribution >= 0.6 is 0 Å². The van der Waals surface area contributed by atoms with Crippen molar-refractivity contribution in [2.45, 2.75) is 24.6 Å². The van der Waals surface area contributed by atoms with E-state index in [0.717, 1.165) is 12.1 Å². The second kappa shape index (κ2) is 6.44. The number of halogens is 3. The number of rotatable bonds is 1. The monoisotopic (exact) mass is 377 g/mol. The van der Waals surface area contributed by atoms with E-state index < -0.39 is 17.3 Å². The Morgan fingerprint density at radius 3 is 2.63 bits per heavy atom. The Morgan fingerprint density at radius 2 is 1.89 bits per heavy atom. The second-order valence-electron chi connectivity index (χ2n) is 6.85. The summed E-state index contributed by atoms with van der Waals surface area (Å²) in [6.45, 7) is 1.35. The molecule has 0 radical (unpaired) electrons. The number of hydrogen-bond donors (Lipinski definition) is 1. The first-order valence-corrected chi connectivity index (χ1v) is 8.71. The highest BCUT2D eigenvalue weighted by Gasteiger charge is 2.40. The Labute approximate surface area is 154 Å². The number of fused-ring (bicyclic) bond motifs is 1. The number of alkyl halides is 3. The molecule has 27 heavy (non-hydrogen) atoms. The van der Waals surface area contributed by atoms with E-state index in [-0.39, 0.29) is 5.91 Å². The van der Waals surface area contributed by atoms with Crippen LogP contribution in [0, 0.1) is 0 Å². The molecule has 4 rings (SSSR count). The van der Waals surface area contributed by atoms with E-state index >= 15 is 0 Å². The highest BCUT2D eigenvalue weighted by atomic mass is 19.4. The number of aromatic nitrogens is 1. The highest BCUT2D eigenvalue weighted by Crippen LogP contribution is 2.35. The number of benzene rings is 1. The van der Waals surface area contributed by atoms with E-state index in [2.05, 4.69) is 10.3 Å². The van der Waals surface area contributed by atoms with E-state index in [1.54, 1.807) is 18.2 Å². The summed E-state index contributed by atoms with van der Waals surface area (Å²) in [5, 5.41) is 2.90. The largest absolute Gasteiger partial charge is 0.484 e. The van der Waals surface area contributed by atoms with Crippen molar-refractivity contribution in [1.29, 1.82) is 0 Å². The third-order valence-electron chi connectivity index (χ3n) is 5.10. The lowest BCUT2D eigenvalue weighted by molar-refractivity contribution is -0.137. The zero-order chi connectivity index (χ0) is 19.1. The number of carbonyl (C=O) groups is 1. The smallest absolute Gasteiger partial charge is 0.416 e. The summed E-state index contributed by atoms with van der Waals surface area (Å²) < 4.78 is 45.0. The minimum atomic E-state index is -4.40. The lowest BCUT2D eigenvalue weighted by atomic mass is 9.91. The van der Waals surface area contributed by atoms with Gasteiger partial charge in [-0.25, -0.2) is 4.98 Å². The van der Waals surface area contributed by atoms with Crippen LogP contribution in [0.5, 0.6) is 5.75 Å². The first-order valence-electron chi connectivity index (χ1n) is 8.71. The number of para-hydroxylation sites is 1. The quantitative estimate of drug-likeness (QED) is 0.829. The van der Waals surface area contributed by atoms with Gasteiger partial charge in [0.05, 0.1) is 17.7 Å². The van der Waals surface area contributed by atoms with Gasteiger partial charge in [0.2, 0.25) is 0 Å². The molecule has 1 spiro atoms. The van der Waals surface area contributed by atoms with Gasteiger partial charge >= 0.3 is 6.18 Å². The summed E-state index contributed by atoms with van der Waals surface area (Å²) in [6, 6.07) is 9.11. The number of piperidine rings is 1. The highest BCUT2D eigenvalue weighted by molar-refractivity contribution is 5.97. The molecule has 2 aliphatic rings. The van der Waals surface area contributed by atoms with Crippen LogP contribution in [-0.2, 0) is 6.18 Å². The lowest BCUT2D eigenvalue weighted by Crippen LogP contribution is -2.53. The van der Waals surface area contributed by atoms with E-state index in [9.17, 15) is 18.0 Å². The number of carbonyl (C=O) groups excluding carboxylic acids is 1. The number of ether oxygens (including phenoxy) is 1. The minimum absolute atomic E-state index is 0.176. The standard InChI is InChI=1S/C19H18F3N3O2/c20-19(21,22)13-5-8-23-16(11-13)25-9-6-18(7-10-25)12-24-17(26)14-3-1-2-4-15(14)27-18/h1-5,8,11H,6-7,9-10,12H2,(H,24,26). The van der Waals surface area contributed by atoms with E-state index in [4.69, 9.17) is 4.74 Å². The molecule has 0 saturated carbocycles. The fourth-order valence-corrected chi connectivity index (χ4v) is 3.54. The van der Waals surface area contributed by atoms with Gasteiger partial charge in [0.25, 0.3) is 5.91 Å². The van der Waals surface area contributed by atoms with Crippen LogP contribution in [-0.4, -0.2) is 36.1 Å². The molecule has 1 amide bonds. The Balaban J connectivity index is 1.52. The zero-order valence-electron chi connectivity index (χ0n) is 14.4. The van der Waals surface area contributed by atoms with Crippen molar-refractivity contribution in [3.05, 3.63) is 53.7 Å². The van der Waals surface area contributed by atoms with Crippen LogP contribution in [0.25, 0.3) is 0 Å². The molecule has 1 fully saturated rings. The van der Waals surface area contributed by atoms with Gasteiger partial charge in [0.15, 0.2) is 0 Å². The summed E-state index contributed by atoms with van der Waals surface area (Å²) in [6.07, 6.45) is -2.08. The van der Waals surface area contributed by atoms with Crippen molar-refractivity contribution < 1.29 is 22.7 Å². The maximum atomic E-state index is 12.9. The van der Waals surface area contributed by atoms with Crippen molar-refractivity contribution in [2.75, 3.05) is 24.5 Å². The molecule has 0 unspecified atom stereocenters. The van der Waals surface area contributed by atoms with Crippen molar-refractivity contribution >= 4 is 11.7 Å². The van der Waals surface area contributed by atoms with Crippen LogP contribution in [0.15, 0.2) is 42.6 Å². The van der Waals surface area contributed by atoms with Gasteiger partial charge in [-0.15, -0.1) is 0 Å². The van der Waals surface area contributed by atoms with E-state index in [1.165, 1.54) is 6.20 Å². The molecule has 1 N–H and O–H groups in total. The lowest BCUT2D eigenvalue weighted by Gasteiger charge is -2.41. The topological polar surface area (TPSA) is 54.5 Å². The van der Waals surface area contributed by atoms with Crippen LogP contribution in [0.3, 0.4) is 0 Å². The molecule has 2 aliphatic heterocycles. The molecule has 1 aromatic carbocycles. The fraction of sp³-hybridized carbons (Fsp3) is 0.368. The Hall–Kier alpha value is -2.77. The molecule has 0 bridgehead atoms. The van der Waals surface area contributed by atoms with Crippen LogP contribution in [0.4, 0.5) is 19.0 Å². The van der Waals surface area contributed by atoms with Crippen LogP contribution in [0.2, 0.25) is 0 Å². The minimum Gasteiger partial charge on any atom is -0.484 e. The Kier molecular flexibility index (Phi) is 4.20. The molecule has 5 nitrogen and oxygen atoms in total. The third-order valence-corrected chi connectivity index (χ3v) is 5.10. The number of nitrogens with one attached hydrogen (secondary N) is 1. The normalized spacial score (nSPS) is 19.1. The zero-order valence-corrected chi connectivity index (χ0v) is 14.4. The van der Waals surface area contributed by atoms with Gasteiger partial charge in [-0.2, -0.15) is 13.2 Å². The van der Waals surface area contributed by atoms with Crippen molar-refractivity contribution in [1.82, 2.24) is 10.3 Å². The second-order valence-corrected chi connectivity index (χ2v) is 6.85. The summed E-state index contributed by atoms with van der Waals surface area (Å²) in [5.41, 5.74) is -0.781. The van der Waals surface area contributed by atoms with Gasteiger partial charge in [-0.3, -0.25) is 4.79 Å². The summed E-state index contributed by atoms with van der Waals surface area (Å²) in [4.78, 5) is 18.1. The van der Waals surface area contributed by atoms with Crippen molar-refractivity contribution in [3.8, 4) is 5.75 Å². The molecule has 1 saturated heterocycles. The number of anilines is 1. The van der Waals surface area contributed by atoms with Gasteiger partial charge in [-0.1, -0.05) is 12.1 Å². The predicted octanol–water partition coefficient (Wildman–Crippen LogP) is 3.26. The summed E-state index contributed by atoms with van der Waals surface area (Å²) >= 11 is 0. The number of nitrogens with zero attached hydrogens (tertiary/aromatic N) is 2. The number of amides is 1. The molecule has 3 heterocycles. The summed E-state index contributed by atoms with van der Waals surface area (Å²) in [5.74, 6) is 0.667. The van der Waals surface area contributed by atoms with Gasteiger partial charge in [-0.05, 0) is 24.3 Å². The van der Waals surface area contributed by atoms with E-state index in [1.807, 2.05) is 11.0 Å². The molecule has 0 atom stereocenters. The first kappa shape index (κ1) is 17.6. The average Bonchev–Trinajstić information content (AvgIpc) is 2.79. The third kappa shape index (κ3) is 3.43. The molecule has 2 aromatic rings. The Morgan fingerprint density at radius 1 is 1.15 bits per heavy atom. The molecule has 0 aliphatic carbocycles. The molecular weight excluding hydrogens is 359 g/mol. The molecular formula is C19H18F3N3O2. The molecule has 8 heteroatoms. The maximum absolute atomic E-state index is 12.9. The number of hydrogen-bond acceptors (Lipinski definition) is 4. The predicted molar refractivity (Wildman–Crippen MR) is 92.8 cm³/mol. The first-order chi connectivity index (χ1) is 12.9. The van der Waals surface area contributed by atoms with Crippen molar-refractivity contribution in [3.63, 3.8) is 0 Å². The SMILES string of the molecule is O=C1NCC2(CCN(c3cc(C(F)(F)F)ccn3)CC2)Oc2ccccc21. The van der Waals surface area contributed by atoms with Crippen molar-refractivity contribution in [2.24, 2.45) is 0 Å². The van der Waals surface area contributed by atoms with Crippen LogP contribution < -0.4 is 15.0 Å². The average molecular weight is 377 g/mol.